The van der Waals surface area contributed by atoms with Gasteiger partial charge in [0.05, 0.1) is 18.4 Å². The van der Waals surface area contributed by atoms with Gasteiger partial charge in [0.1, 0.15) is 5.75 Å². The number of methoxy groups -OCH3 is 1. The molecule has 25 heavy (non-hydrogen) atoms. The van der Waals surface area contributed by atoms with Crippen molar-refractivity contribution in [1.82, 2.24) is 4.90 Å². The molecule has 0 unspecified atom stereocenters. The van der Waals surface area contributed by atoms with E-state index in [0.717, 1.165) is 11.4 Å². The normalized spacial score (nSPS) is 14.3. The standard InChI is InChI=1S/C18H20N2O4S/c1-23-16-5-3-2-4-15(16)19-7-9-20(10-8-19)17(21)12-24-18(22)14-6-11-25-13-14/h2-6,11,13H,7-10,12H2,1H3. The number of carbonyl (C=O) groups is 2. The van der Waals surface area contributed by atoms with Gasteiger partial charge in [0.2, 0.25) is 0 Å². The molecule has 1 aliphatic rings. The van der Waals surface area contributed by atoms with Gasteiger partial charge in [0.15, 0.2) is 6.61 Å². The summed E-state index contributed by atoms with van der Waals surface area (Å²) in [7, 11) is 1.65. The topological polar surface area (TPSA) is 59.1 Å². The minimum atomic E-state index is -0.456. The highest BCUT2D eigenvalue weighted by atomic mass is 32.1. The average molecular weight is 360 g/mol. The molecule has 1 aliphatic heterocycles. The lowest BCUT2D eigenvalue weighted by molar-refractivity contribution is -0.134. The molecule has 2 aromatic rings. The highest BCUT2D eigenvalue weighted by Gasteiger charge is 2.23. The summed E-state index contributed by atoms with van der Waals surface area (Å²) in [5.74, 6) is 0.206. The second kappa shape index (κ2) is 8.02. The van der Waals surface area contributed by atoms with E-state index in [2.05, 4.69) is 4.90 Å². The van der Waals surface area contributed by atoms with Crippen molar-refractivity contribution >= 4 is 28.9 Å². The van der Waals surface area contributed by atoms with Gasteiger partial charge in [-0.2, -0.15) is 11.3 Å². The van der Waals surface area contributed by atoms with E-state index in [1.165, 1.54) is 11.3 Å². The first-order chi connectivity index (χ1) is 12.2. The van der Waals surface area contributed by atoms with E-state index in [-0.39, 0.29) is 12.5 Å². The van der Waals surface area contributed by atoms with Gasteiger partial charge in [-0.1, -0.05) is 12.1 Å². The van der Waals surface area contributed by atoms with Crippen LogP contribution in [-0.4, -0.2) is 56.7 Å². The Morgan fingerprint density at radius 1 is 1.12 bits per heavy atom. The number of anilines is 1. The van der Waals surface area contributed by atoms with Crippen LogP contribution < -0.4 is 9.64 Å². The molecule has 0 N–H and O–H groups in total. The van der Waals surface area contributed by atoms with E-state index in [1.807, 2.05) is 24.3 Å². The Bertz CT molecular complexity index is 724. The number of carbonyl (C=O) groups excluding carboxylic acids is 2. The SMILES string of the molecule is COc1ccccc1N1CCN(C(=O)COC(=O)c2ccsc2)CC1. The van der Waals surface area contributed by atoms with E-state index in [4.69, 9.17) is 9.47 Å². The van der Waals surface area contributed by atoms with Crippen molar-refractivity contribution in [3.8, 4) is 5.75 Å². The summed E-state index contributed by atoms with van der Waals surface area (Å²) in [6, 6.07) is 9.53. The Labute approximate surface area is 150 Å². The van der Waals surface area contributed by atoms with Crippen LogP contribution >= 0.6 is 11.3 Å². The van der Waals surface area contributed by atoms with E-state index < -0.39 is 5.97 Å². The maximum atomic E-state index is 12.2. The number of nitrogens with zero attached hydrogens (tertiary/aromatic N) is 2. The number of benzene rings is 1. The fourth-order valence-electron chi connectivity index (χ4n) is 2.77. The fraction of sp³-hybridized carbons (Fsp3) is 0.333. The lowest BCUT2D eigenvalue weighted by Gasteiger charge is -2.36. The molecular weight excluding hydrogens is 340 g/mol. The van der Waals surface area contributed by atoms with E-state index in [1.54, 1.807) is 28.8 Å². The van der Waals surface area contributed by atoms with Gasteiger partial charge < -0.3 is 19.3 Å². The summed E-state index contributed by atoms with van der Waals surface area (Å²) in [5.41, 5.74) is 1.51. The van der Waals surface area contributed by atoms with E-state index in [0.29, 0.717) is 31.7 Å². The molecule has 0 saturated carbocycles. The smallest absolute Gasteiger partial charge is 0.339 e. The third kappa shape index (κ3) is 4.11. The second-order valence-corrected chi connectivity index (χ2v) is 6.41. The van der Waals surface area contributed by atoms with Crippen LogP contribution in [0.25, 0.3) is 0 Å². The first-order valence-corrected chi connectivity index (χ1v) is 8.98. The molecule has 0 aliphatic carbocycles. The van der Waals surface area contributed by atoms with Gasteiger partial charge in [0.25, 0.3) is 5.91 Å². The van der Waals surface area contributed by atoms with Gasteiger partial charge in [-0.3, -0.25) is 4.79 Å². The molecule has 0 spiro atoms. The van der Waals surface area contributed by atoms with Crippen LogP contribution in [0.4, 0.5) is 5.69 Å². The van der Waals surface area contributed by atoms with Crippen LogP contribution in [-0.2, 0) is 9.53 Å². The first kappa shape index (κ1) is 17.3. The van der Waals surface area contributed by atoms with Gasteiger partial charge in [-0.05, 0) is 23.6 Å². The minimum absolute atomic E-state index is 0.164. The number of rotatable bonds is 5. The first-order valence-electron chi connectivity index (χ1n) is 8.04. The van der Waals surface area contributed by atoms with Crippen LogP contribution in [0, 0.1) is 0 Å². The molecule has 2 heterocycles. The molecule has 0 atom stereocenters. The van der Waals surface area contributed by atoms with Gasteiger partial charge in [-0.25, -0.2) is 4.79 Å². The largest absolute Gasteiger partial charge is 0.495 e. The molecule has 7 heteroatoms. The molecular formula is C18H20N2O4S. The molecule has 6 nitrogen and oxygen atoms in total. The van der Waals surface area contributed by atoms with E-state index in [9.17, 15) is 9.59 Å². The molecule has 1 saturated heterocycles. The van der Waals surface area contributed by atoms with Crippen molar-refractivity contribution in [2.75, 3.05) is 44.8 Å². The number of thiophene rings is 1. The molecule has 1 fully saturated rings. The van der Waals surface area contributed by atoms with Gasteiger partial charge in [-0.15, -0.1) is 0 Å². The zero-order valence-corrected chi connectivity index (χ0v) is 14.8. The van der Waals surface area contributed by atoms with Crippen LogP contribution in [0.3, 0.4) is 0 Å². The van der Waals surface area contributed by atoms with E-state index >= 15 is 0 Å². The average Bonchev–Trinajstić information content (AvgIpc) is 3.21. The zero-order valence-electron chi connectivity index (χ0n) is 14.0. The number of hydrogen-bond acceptors (Lipinski definition) is 6. The molecule has 1 aromatic heterocycles. The van der Waals surface area contributed by atoms with Crippen molar-refractivity contribution in [1.29, 1.82) is 0 Å². The monoisotopic (exact) mass is 360 g/mol. The van der Waals surface area contributed by atoms with Crippen LogP contribution in [0.1, 0.15) is 10.4 Å². The maximum absolute atomic E-state index is 12.2. The van der Waals surface area contributed by atoms with Crippen molar-refractivity contribution in [3.05, 3.63) is 46.7 Å². The van der Waals surface area contributed by atoms with Crippen LogP contribution in [0.15, 0.2) is 41.1 Å². The van der Waals surface area contributed by atoms with Crippen molar-refractivity contribution < 1.29 is 19.1 Å². The van der Waals surface area contributed by atoms with Crippen molar-refractivity contribution in [2.24, 2.45) is 0 Å². The highest BCUT2D eigenvalue weighted by Crippen LogP contribution is 2.28. The highest BCUT2D eigenvalue weighted by molar-refractivity contribution is 7.08. The summed E-state index contributed by atoms with van der Waals surface area (Å²) >= 11 is 1.42. The summed E-state index contributed by atoms with van der Waals surface area (Å²) in [5, 5.41) is 3.51. The van der Waals surface area contributed by atoms with Crippen LogP contribution in [0.2, 0.25) is 0 Å². The third-order valence-corrected chi connectivity index (χ3v) is 4.83. The van der Waals surface area contributed by atoms with Crippen molar-refractivity contribution in [2.45, 2.75) is 0 Å². The second-order valence-electron chi connectivity index (χ2n) is 5.63. The minimum Gasteiger partial charge on any atom is -0.495 e. The predicted molar refractivity (Wildman–Crippen MR) is 96.4 cm³/mol. The molecule has 1 aromatic carbocycles. The summed E-state index contributed by atoms with van der Waals surface area (Å²) in [4.78, 5) is 28.0. The summed E-state index contributed by atoms with van der Waals surface area (Å²) in [6.45, 7) is 2.39. The quantitative estimate of drug-likeness (QED) is 0.766. The Morgan fingerprint density at radius 3 is 2.56 bits per heavy atom. The number of hydrogen-bond donors (Lipinski definition) is 0. The number of amides is 1. The Hall–Kier alpha value is -2.54. The summed E-state index contributed by atoms with van der Waals surface area (Å²) in [6.07, 6.45) is 0. The number of piperazine rings is 1. The molecule has 132 valence electrons. The van der Waals surface area contributed by atoms with Crippen molar-refractivity contribution in [3.63, 3.8) is 0 Å². The molecule has 0 bridgehead atoms. The Morgan fingerprint density at radius 2 is 1.88 bits per heavy atom. The summed E-state index contributed by atoms with van der Waals surface area (Å²) < 4.78 is 10.5. The molecule has 1 amide bonds. The van der Waals surface area contributed by atoms with Gasteiger partial charge >= 0.3 is 5.97 Å². The lowest BCUT2D eigenvalue weighted by Crippen LogP contribution is -2.50. The van der Waals surface area contributed by atoms with Gasteiger partial charge in [0, 0.05) is 31.6 Å². The fourth-order valence-corrected chi connectivity index (χ4v) is 3.40. The molecule has 3 rings (SSSR count). The molecule has 0 radical (unpaired) electrons. The predicted octanol–water partition coefficient (Wildman–Crippen LogP) is 2.26. The maximum Gasteiger partial charge on any atom is 0.339 e. The Kier molecular flexibility index (Phi) is 5.55. The number of ether oxygens (including phenoxy) is 2. The lowest BCUT2D eigenvalue weighted by atomic mass is 10.2. The third-order valence-electron chi connectivity index (χ3n) is 4.14. The number of esters is 1. The van der Waals surface area contributed by atoms with Crippen LogP contribution in [0.5, 0.6) is 5.75 Å². The zero-order chi connectivity index (χ0) is 17.6. The Balaban J connectivity index is 1.50. The number of para-hydroxylation sites is 2.